The Labute approximate surface area is 145 Å². The molecule has 8 heteroatoms. The maximum atomic E-state index is 14.6. The molecular weight excluding hydrogens is 324 g/mol. The molecule has 1 aromatic heterocycles. The average molecular weight is 345 g/mol. The number of benzene rings is 1. The van der Waals surface area contributed by atoms with Crippen molar-refractivity contribution in [2.24, 2.45) is 0 Å². The molecule has 4 rings (SSSR count). The Hall–Kier alpha value is -1.93. The Kier molecular flexibility index (Phi) is 3.50. The summed E-state index contributed by atoms with van der Waals surface area (Å²) in [7, 11) is -0.637. The van der Waals surface area contributed by atoms with Gasteiger partial charge < -0.3 is 19.6 Å². The Morgan fingerprint density at radius 3 is 2.52 bits per heavy atom. The van der Waals surface area contributed by atoms with Crippen LogP contribution in [0.3, 0.4) is 0 Å². The fraction of sp³-hybridized carbons (Fsp3) is 0.529. The molecule has 0 radical (unpaired) electrons. The van der Waals surface area contributed by atoms with E-state index < -0.39 is 24.1 Å². The fourth-order valence-electron chi connectivity index (χ4n) is 3.21. The first-order valence-corrected chi connectivity index (χ1v) is 8.50. The van der Waals surface area contributed by atoms with Gasteiger partial charge in [0.25, 0.3) is 0 Å². The zero-order valence-electron chi connectivity index (χ0n) is 14.8. The molecule has 2 aromatic rings. The smallest absolute Gasteiger partial charge is 0.399 e. The first kappa shape index (κ1) is 16.5. The van der Waals surface area contributed by atoms with Gasteiger partial charge in [0.1, 0.15) is 11.3 Å². The third-order valence-electron chi connectivity index (χ3n) is 5.43. The minimum atomic E-state index is -0.637. The lowest BCUT2D eigenvalue weighted by Crippen LogP contribution is -2.41. The molecular formula is C17H21BFN3O3. The van der Waals surface area contributed by atoms with Crippen LogP contribution >= 0.6 is 0 Å². The van der Waals surface area contributed by atoms with Crippen molar-refractivity contribution in [3.8, 4) is 0 Å². The summed E-state index contributed by atoms with van der Waals surface area (Å²) in [6.45, 7) is 7.83. The number of aromatic nitrogens is 2. The first-order chi connectivity index (χ1) is 11.7. The van der Waals surface area contributed by atoms with Gasteiger partial charge >= 0.3 is 7.12 Å². The van der Waals surface area contributed by atoms with Crippen molar-refractivity contribution in [1.82, 2.24) is 15.3 Å². The van der Waals surface area contributed by atoms with Crippen LogP contribution in [0, 0.1) is 5.82 Å². The topological polar surface area (TPSA) is 76.2 Å². The van der Waals surface area contributed by atoms with E-state index in [-0.39, 0.29) is 17.5 Å². The number of halogens is 1. The maximum absolute atomic E-state index is 14.6. The summed E-state index contributed by atoms with van der Waals surface area (Å²) in [5.74, 6) is 0.128. The Bertz CT molecular complexity index is 848. The van der Waals surface area contributed by atoms with E-state index in [0.29, 0.717) is 29.6 Å². The van der Waals surface area contributed by atoms with E-state index in [4.69, 9.17) is 9.31 Å². The molecule has 0 bridgehead atoms. The zero-order chi connectivity index (χ0) is 18.0. The molecule has 2 saturated heterocycles. The highest BCUT2D eigenvalue weighted by Gasteiger charge is 2.51. The molecule has 25 heavy (non-hydrogen) atoms. The van der Waals surface area contributed by atoms with E-state index in [1.54, 1.807) is 6.07 Å². The predicted molar refractivity (Wildman–Crippen MR) is 91.9 cm³/mol. The Morgan fingerprint density at radius 2 is 1.92 bits per heavy atom. The second-order valence-electron chi connectivity index (χ2n) is 7.77. The van der Waals surface area contributed by atoms with Gasteiger partial charge in [-0.1, -0.05) is 0 Å². The van der Waals surface area contributed by atoms with Gasteiger partial charge in [-0.2, -0.15) is 0 Å². The number of fused-ring (bicyclic) bond motifs is 1. The summed E-state index contributed by atoms with van der Waals surface area (Å²) in [5, 5.41) is 2.84. The molecule has 2 aliphatic rings. The molecule has 2 N–H and O–H groups in total. The third kappa shape index (κ3) is 2.64. The monoisotopic (exact) mass is 345 g/mol. The minimum Gasteiger partial charge on any atom is -0.399 e. The Morgan fingerprint density at radius 1 is 1.24 bits per heavy atom. The van der Waals surface area contributed by atoms with Crippen molar-refractivity contribution in [1.29, 1.82) is 0 Å². The van der Waals surface area contributed by atoms with Gasteiger partial charge in [-0.15, -0.1) is 0 Å². The summed E-state index contributed by atoms with van der Waals surface area (Å²) in [6.07, 6.45) is 1.12. The van der Waals surface area contributed by atoms with Gasteiger partial charge in [0.2, 0.25) is 5.91 Å². The number of nitrogens with one attached hydrogen (secondary N) is 2. The number of carbonyl (C=O) groups is 1. The van der Waals surface area contributed by atoms with Gasteiger partial charge in [0.15, 0.2) is 5.82 Å². The second-order valence-corrected chi connectivity index (χ2v) is 7.77. The van der Waals surface area contributed by atoms with Crippen LogP contribution in [0.5, 0.6) is 0 Å². The lowest BCUT2D eigenvalue weighted by atomic mass is 9.79. The van der Waals surface area contributed by atoms with Crippen LogP contribution in [0.25, 0.3) is 11.0 Å². The number of hydrogen-bond donors (Lipinski definition) is 2. The van der Waals surface area contributed by atoms with Crippen molar-refractivity contribution in [2.45, 2.75) is 57.8 Å². The SMILES string of the molecule is CC1(C)OB(c2cc(F)c3nc([C@H]4CCC(=O)N4)[nH]c3c2)OC1(C)C. The highest BCUT2D eigenvalue weighted by atomic mass is 19.1. The van der Waals surface area contributed by atoms with Crippen LogP contribution in [0.2, 0.25) is 0 Å². The number of imidazole rings is 1. The summed E-state index contributed by atoms with van der Waals surface area (Å²) in [6, 6.07) is 3.01. The van der Waals surface area contributed by atoms with E-state index in [9.17, 15) is 9.18 Å². The van der Waals surface area contributed by atoms with Crippen LogP contribution in [0.4, 0.5) is 4.39 Å². The minimum absolute atomic E-state index is 0.0103. The number of H-pyrrole nitrogens is 1. The van der Waals surface area contributed by atoms with Crippen LogP contribution < -0.4 is 10.8 Å². The van der Waals surface area contributed by atoms with Crippen molar-refractivity contribution < 1.29 is 18.5 Å². The number of carbonyl (C=O) groups excluding carboxylic acids is 1. The highest BCUT2D eigenvalue weighted by molar-refractivity contribution is 6.62. The van der Waals surface area contributed by atoms with Crippen LogP contribution in [0.1, 0.15) is 52.4 Å². The Balaban J connectivity index is 1.69. The van der Waals surface area contributed by atoms with Crippen molar-refractivity contribution >= 4 is 29.5 Å². The average Bonchev–Trinajstić information content (AvgIpc) is 3.16. The van der Waals surface area contributed by atoms with Gasteiger partial charge in [-0.3, -0.25) is 4.79 Å². The summed E-state index contributed by atoms with van der Waals surface area (Å²) < 4.78 is 26.6. The molecule has 0 saturated carbocycles. The van der Waals surface area contributed by atoms with Crippen LogP contribution in [-0.2, 0) is 14.1 Å². The quantitative estimate of drug-likeness (QED) is 0.816. The number of nitrogens with zero attached hydrogens (tertiary/aromatic N) is 1. The van der Waals surface area contributed by atoms with Crippen molar-refractivity contribution in [3.63, 3.8) is 0 Å². The maximum Gasteiger partial charge on any atom is 0.495 e. The number of hydrogen-bond acceptors (Lipinski definition) is 4. The largest absolute Gasteiger partial charge is 0.495 e. The molecule has 1 atom stereocenters. The summed E-state index contributed by atoms with van der Waals surface area (Å²) >= 11 is 0. The van der Waals surface area contributed by atoms with Crippen LogP contribution in [0.15, 0.2) is 12.1 Å². The van der Waals surface area contributed by atoms with Gasteiger partial charge in [-0.25, -0.2) is 9.37 Å². The molecule has 0 spiro atoms. The van der Waals surface area contributed by atoms with E-state index >= 15 is 0 Å². The van der Waals surface area contributed by atoms with E-state index in [0.717, 1.165) is 0 Å². The molecule has 3 heterocycles. The number of rotatable bonds is 2. The summed E-state index contributed by atoms with van der Waals surface area (Å²) in [4.78, 5) is 18.9. The zero-order valence-corrected chi connectivity index (χ0v) is 14.8. The van der Waals surface area contributed by atoms with Crippen molar-refractivity contribution in [3.05, 3.63) is 23.8 Å². The molecule has 1 aromatic carbocycles. The van der Waals surface area contributed by atoms with Gasteiger partial charge in [0.05, 0.1) is 22.8 Å². The molecule has 0 aliphatic carbocycles. The molecule has 2 fully saturated rings. The summed E-state index contributed by atoms with van der Waals surface area (Å²) in [5.41, 5.74) is 0.457. The van der Waals surface area contributed by atoms with Gasteiger partial charge in [0, 0.05) is 6.42 Å². The second kappa shape index (κ2) is 5.28. The van der Waals surface area contributed by atoms with Gasteiger partial charge in [-0.05, 0) is 51.7 Å². The fourth-order valence-corrected chi connectivity index (χ4v) is 3.21. The highest BCUT2D eigenvalue weighted by Crippen LogP contribution is 2.36. The molecule has 6 nitrogen and oxygen atoms in total. The lowest BCUT2D eigenvalue weighted by Gasteiger charge is -2.32. The number of aromatic amines is 1. The lowest BCUT2D eigenvalue weighted by molar-refractivity contribution is -0.119. The van der Waals surface area contributed by atoms with Crippen molar-refractivity contribution in [2.75, 3.05) is 0 Å². The molecule has 132 valence electrons. The van der Waals surface area contributed by atoms with E-state index in [1.165, 1.54) is 6.07 Å². The number of amides is 1. The third-order valence-corrected chi connectivity index (χ3v) is 5.43. The van der Waals surface area contributed by atoms with E-state index in [2.05, 4.69) is 15.3 Å². The molecule has 2 aliphatic heterocycles. The molecule has 1 amide bonds. The van der Waals surface area contributed by atoms with E-state index in [1.807, 2.05) is 27.7 Å². The predicted octanol–water partition coefficient (Wildman–Crippen LogP) is 1.95. The first-order valence-electron chi connectivity index (χ1n) is 8.50. The standard InChI is InChI=1S/C17H21BFN3O3/c1-16(2)17(3,4)25-18(24-16)9-7-10(19)14-12(8-9)21-15(22-14)11-5-6-13(23)20-11/h7-8,11H,5-6H2,1-4H3,(H,20,23)(H,21,22)/t11-/m1/s1. The van der Waals surface area contributed by atoms with Crippen LogP contribution in [-0.4, -0.2) is 34.2 Å². The normalized spacial score (nSPS) is 24.9. The molecule has 0 unspecified atom stereocenters.